The van der Waals surface area contributed by atoms with Gasteiger partial charge in [-0.2, -0.15) is 0 Å². The van der Waals surface area contributed by atoms with E-state index in [1.165, 1.54) is 43.8 Å². The molecule has 0 saturated carbocycles. The molecule has 19 heavy (non-hydrogen) atoms. The van der Waals surface area contributed by atoms with E-state index in [1.54, 1.807) is 5.56 Å². The van der Waals surface area contributed by atoms with E-state index in [9.17, 15) is 0 Å². The van der Waals surface area contributed by atoms with E-state index < -0.39 is 0 Å². The van der Waals surface area contributed by atoms with Gasteiger partial charge in [0.15, 0.2) is 0 Å². The number of hydrogen-bond donors (Lipinski definition) is 0. The van der Waals surface area contributed by atoms with Crippen molar-refractivity contribution in [3.05, 3.63) is 29.8 Å². The highest BCUT2D eigenvalue weighted by molar-refractivity contribution is 8.00. The molecule has 1 fully saturated rings. The summed E-state index contributed by atoms with van der Waals surface area (Å²) in [5.74, 6) is 0. The van der Waals surface area contributed by atoms with Crippen molar-refractivity contribution in [2.24, 2.45) is 0 Å². The Bertz CT molecular complexity index is 410. The number of benzene rings is 1. The number of fused-ring (bicyclic) bond motifs is 1. The maximum absolute atomic E-state index is 2.60. The van der Waals surface area contributed by atoms with Crippen LogP contribution < -0.4 is 0 Å². The zero-order valence-corrected chi connectivity index (χ0v) is 12.8. The second-order valence-electron chi connectivity index (χ2n) is 6.05. The molecule has 1 aromatic rings. The summed E-state index contributed by atoms with van der Waals surface area (Å²) in [5, 5.41) is 0.745. The third-order valence-electron chi connectivity index (χ3n) is 4.43. The molecule has 3 heteroatoms. The van der Waals surface area contributed by atoms with Crippen molar-refractivity contribution in [1.29, 1.82) is 0 Å². The third-order valence-corrected chi connectivity index (χ3v) is 5.73. The lowest BCUT2D eigenvalue weighted by Crippen LogP contribution is -2.46. The first-order valence-corrected chi connectivity index (χ1v) is 8.23. The van der Waals surface area contributed by atoms with Gasteiger partial charge in [-0.3, -0.25) is 0 Å². The molecule has 0 aliphatic carbocycles. The summed E-state index contributed by atoms with van der Waals surface area (Å²) in [5.41, 5.74) is 1.55. The van der Waals surface area contributed by atoms with Gasteiger partial charge in [-0.1, -0.05) is 18.2 Å². The average Bonchev–Trinajstić information content (AvgIpc) is 2.80. The minimum absolute atomic E-state index is 0.745. The molecule has 1 aromatic carbocycles. The van der Waals surface area contributed by atoms with E-state index in [4.69, 9.17) is 0 Å². The van der Waals surface area contributed by atoms with Gasteiger partial charge in [-0.05, 0) is 51.5 Å². The number of rotatable bonds is 3. The van der Waals surface area contributed by atoms with Crippen LogP contribution >= 0.6 is 11.8 Å². The molecule has 2 nitrogen and oxygen atoms in total. The maximum Gasteiger partial charge on any atom is 0.0263 e. The van der Waals surface area contributed by atoms with E-state index in [1.807, 2.05) is 0 Å². The molecular formula is C16H24N2S. The minimum atomic E-state index is 0.745. The Hall–Kier alpha value is -0.510. The molecule has 0 N–H and O–H groups in total. The smallest absolute Gasteiger partial charge is 0.0263 e. The van der Waals surface area contributed by atoms with E-state index in [2.05, 4.69) is 59.9 Å². The monoisotopic (exact) mass is 276 g/mol. The van der Waals surface area contributed by atoms with Crippen molar-refractivity contribution in [2.45, 2.75) is 35.4 Å². The number of likely N-dealkylation sites (N-methyl/N-ethyl adjacent to an activating group) is 2. The normalized spacial score (nSPS) is 27.7. The number of piperidine rings is 1. The topological polar surface area (TPSA) is 6.48 Å². The van der Waals surface area contributed by atoms with E-state index >= 15 is 0 Å². The lowest BCUT2D eigenvalue weighted by atomic mass is 10.0. The van der Waals surface area contributed by atoms with Gasteiger partial charge in [0.1, 0.15) is 0 Å². The minimum Gasteiger partial charge on any atom is -0.305 e. The Labute approximate surface area is 121 Å². The van der Waals surface area contributed by atoms with Gasteiger partial charge in [0, 0.05) is 29.3 Å². The Balaban J connectivity index is 1.55. The molecule has 2 unspecified atom stereocenters. The van der Waals surface area contributed by atoms with Crippen molar-refractivity contribution in [3.63, 3.8) is 0 Å². The third kappa shape index (κ3) is 3.15. The van der Waals surface area contributed by atoms with Crippen LogP contribution in [0.2, 0.25) is 0 Å². The number of likely N-dealkylation sites (tertiary alicyclic amines) is 1. The Morgan fingerprint density at radius 1 is 1.37 bits per heavy atom. The summed E-state index contributed by atoms with van der Waals surface area (Å²) in [6.07, 6.45) is 3.96. The highest BCUT2D eigenvalue weighted by atomic mass is 32.2. The summed E-state index contributed by atoms with van der Waals surface area (Å²) < 4.78 is 0. The molecule has 0 radical (unpaired) electrons. The maximum atomic E-state index is 2.60. The molecule has 0 spiro atoms. The van der Waals surface area contributed by atoms with Crippen LogP contribution in [0.25, 0.3) is 0 Å². The summed E-state index contributed by atoms with van der Waals surface area (Å²) in [4.78, 5) is 6.57. The van der Waals surface area contributed by atoms with E-state index in [-0.39, 0.29) is 0 Å². The second-order valence-corrected chi connectivity index (χ2v) is 7.39. The number of nitrogens with zero attached hydrogens (tertiary/aromatic N) is 2. The molecule has 2 aliphatic heterocycles. The Morgan fingerprint density at radius 3 is 3.00 bits per heavy atom. The molecule has 2 atom stereocenters. The van der Waals surface area contributed by atoms with Crippen LogP contribution in [0.4, 0.5) is 0 Å². The molecular weight excluding hydrogens is 252 g/mol. The van der Waals surface area contributed by atoms with Crippen molar-refractivity contribution >= 4 is 11.8 Å². The first kappa shape index (κ1) is 13.5. The molecule has 0 aromatic heterocycles. The Kier molecular flexibility index (Phi) is 4.15. The molecule has 104 valence electrons. The van der Waals surface area contributed by atoms with Crippen molar-refractivity contribution in [1.82, 2.24) is 9.80 Å². The van der Waals surface area contributed by atoms with E-state index in [0.717, 1.165) is 11.3 Å². The number of hydrogen-bond acceptors (Lipinski definition) is 3. The van der Waals surface area contributed by atoms with Gasteiger partial charge < -0.3 is 9.80 Å². The summed E-state index contributed by atoms with van der Waals surface area (Å²) >= 11 is 2.07. The molecule has 2 aliphatic rings. The SMILES string of the molecule is CN1CCCC(N(C)CC2Cc3ccccc3S2)C1. The predicted molar refractivity (Wildman–Crippen MR) is 82.9 cm³/mol. The van der Waals surface area contributed by atoms with Crippen LogP contribution in [0.5, 0.6) is 0 Å². The van der Waals surface area contributed by atoms with Gasteiger partial charge in [0.25, 0.3) is 0 Å². The summed E-state index contributed by atoms with van der Waals surface area (Å²) in [6.45, 7) is 3.73. The van der Waals surface area contributed by atoms with Gasteiger partial charge in [0.05, 0.1) is 0 Å². The van der Waals surface area contributed by atoms with Gasteiger partial charge in [-0.25, -0.2) is 0 Å². The fourth-order valence-corrected chi connectivity index (χ4v) is 4.72. The van der Waals surface area contributed by atoms with Crippen molar-refractivity contribution in [3.8, 4) is 0 Å². The standard InChI is InChI=1S/C16H24N2S/c1-17-9-5-7-14(11-17)18(2)12-15-10-13-6-3-4-8-16(13)19-15/h3-4,6,8,14-15H,5,7,9-12H2,1-2H3. The highest BCUT2D eigenvalue weighted by Crippen LogP contribution is 2.37. The number of thioether (sulfide) groups is 1. The predicted octanol–water partition coefficient (Wildman–Crippen LogP) is 2.73. The van der Waals surface area contributed by atoms with Crippen LogP contribution in [0.1, 0.15) is 18.4 Å². The summed E-state index contributed by atoms with van der Waals surface area (Å²) in [7, 11) is 4.56. The van der Waals surface area contributed by atoms with Crippen LogP contribution in [0, 0.1) is 0 Å². The zero-order chi connectivity index (χ0) is 13.2. The fourth-order valence-electron chi connectivity index (χ4n) is 3.32. The van der Waals surface area contributed by atoms with Crippen LogP contribution in [0.15, 0.2) is 29.2 Å². The lowest BCUT2D eigenvalue weighted by Gasteiger charge is -2.36. The van der Waals surface area contributed by atoms with Crippen LogP contribution in [0.3, 0.4) is 0 Å². The fraction of sp³-hybridized carbons (Fsp3) is 0.625. The molecule has 0 bridgehead atoms. The van der Waals surface area contributed by atoms with Crippen molar-refractivity contribution in [2.75, 3.05) is 33.7 Å². The van der Waals surface area contributed by atoms with Crippen molar-refractivity contribution < 1.29 is 0 Å². The zero-order valence-electron chi connectivity index (χ0n) is 12.0. The van der Waals surface area contributed by atoms with Crippen LogP contribution in [-0.4, -0.2) is 54.8 Å². The lowest BCUT2D eigenvalue weighted by molar-refractivity contribution is 0.135. The van der Waals surface area contributed by atoms with Gasteiger partial charge in [0.2, 0.25) is 0 Å². The molecule has 1 saturated heterocycles. The average molecular weight is 276 g/mol. The second kappa shape index (κ2) is 5.86. The molecule has 3 rings (SSSR count). The largest absolute Gasteiger partial charge is 0.305 e. The van der Waals surface area contributed by atoms with Crippen LogP contribution in [-0.2, 0) is 6.42 Å². The first-order valence-electron chi connectivity index (χ1n) is 7.36. The van der Waals surface area contributed by atoms with Gasteiger partial charge >= 0.3 is 0 Å². The molecule has 0 amide bonds. The summed E-state index contributed by atoms with van der Waals surface area (Å²) in [6, 6.07) is 9.64. The highest BCUT2D eigenvalue weighted by Gasteiger charge is 2.27. The Morgan fingerprint density at radius 2 is 2.21 bits per heavy atom. The first-order chi connectivity index (χ1) is 9.22. The molecule has 2 heterocycles. The van der Waals surface area contributed by atoms with E-state index in [0.29, 0.717) is 0 Å². The van der Waals surface area contributed by atoms with Gasteiger partial charge in [-0.15, -0.1) is 11.8 Å². The quantitative estimate of drug-likeness (QED) is 0.838.